The van der Waals surface area contributed by atoms with Gasteiger partial charge in [0.15, 0.2) is 0 Å². The molecule has 3 aromatic rings. The Morgan fingerprint density at radius 1 is 1.09 bits per heavy atom. The van der Waals surface area contributed by atoms with E-state index in [1.54, 1.807) is 36.4 Å². The lowest BCUT2D eigenvalue weighted by atomic mass is 10.0. The smallest absolute Gasteiger partial charge is 0.416 e. The Bertz CT molecular complexity index is 1210. The number of alkyl halides is 3. The number of rotatable bonds is 8. The largest absolute Gasteiger partial charge is 0.493 e. The van der Waals surface area contributed by atoms with Gasteiger partial charge in [0.2, 0.25) is 0 Å². The van der Waals surface area contributed by atoms with E-state index in [9.17, 15) is 27.2 Å². The molecule has 1 amide bonds. The second kappa shape index (κ2) is 10.7. The van der Waals surface area contributed by atoms with E-state index >= 15 is 0 Å². The van der Waals surface area contributed by atoms with Crippen LogP contribution < -0.4 is 10.1 Å². The van der Waals surface area contributed by atoms with Crippen LogP contribution in [0, 0.1) is 5.82 Å². The number of nitrogens with one attached hydrogen (secondary N) is 1. The number of amides is 1. The van der Waals surface area contributed by atoms with Gasteiger partial charge in [0.05, 0.1) is 17.7 Å². The van der Waals surface area contributed by atoms with Crippen molar-refractivity contribution in [3.63, 3.8) is 0 Å². The van der Waals surface area contributed by atoms with E-state index < -0.39 is 29.0 Å². The van der Waals surface area contributed by atoms with Crippen molar-refractivity contribution < 1.29 is 31.9 Å². The van der Waals surface area contributed by atoms with Crippen molar-refractivity contribution in [3.05, 3.63) is 87.7 Å². The second-order valence-corrected chi connectivity index (χ2v) is 7.81. The Hall–Kier alpha value is -3.39. The number of hydrogen-bond donors (Lipinski definition) is 1. The van der Waals surface area contributed by atoms with Crippen LogP contribution in [0.3, 0.4) is 0 Å². The first-order valence-corrected chi connectivity index (χ1v) is 10.7. The second-order valence-electron chi connectivity index (χ2n) is 7.40. The maximum Gasteiger partial charge on any atom is 0.416 e. The van der Waals surface area contributed by atoms with Gasteiger partial charge < -0.3 is 10.1 Å². The Labute approximate surface area is 198 Å². The molecule has 0 saturated heterocycles. The molecule has 0 fully saturated rings. The summed E-state index contributed by atoms with van der Waals surface area (Å²) in [5, 5.41) is 2.93. The molecule has 0 bridgehead atoms. The standard InChI is InChI=1S/C25H20ClF4NO3/c1-2-9-34-23-8-4-16(20-10-15(14-32)3-7-21(20)26)11-17(23)13-31-24(33)19-6-5-18(12-22(19)27)25(28,29)30/h3-8,10-12,14H,2,9,13H2,1H3,(H,31,33). The number of halogens is 5. The van der Waals surface area contributed by atoms with Crippen LogP contribution in [0.15, 0.2) is 54.6 Å². The summed E-state index contributed by atoms with van der Waals surface area (Å²) in [5.74, 6) is -1.68. The van der Waals surface area contributed by atoms with Crippen molar-refractivity contribution in [2.75, 3.05) is 6.61 Å². The lowest BCUT2D eigenvalue weighted by molar-refractivity contribution is -0.137. The van der Waals surface area contributed by atoms with Gasteiger partial charge in [-0.2, -0.15) is 13.2 Å². The minimum Gasteiger partial charge on any atom is -0.493 e. The molecule has 0 radical (unpaired) electrons. The number of benzene rings is 3. The molecule has 34 heavy (non-hydrogen) atoms. The molecule has 4 nitrogen and oxygen atoms in total. The molecule has 9 heteroatoms. The zero-order chi connectivity index (χ0) is 24.9. The molecular formula is C25H20ClF4NO3. The number of carbonyl (C=O) groups is 2. The number of carbonyl (C=O) groups excluding carboxylic acids is 2. The van der Waals surface area contributed by atoms with Crippen molar-refractivity contribution in [1.82, 2.24) is 5.32 Å². The third kappa shape index (κ3) is 5.94. The average molecular weight is 494 g/mol. The van der Waals surface area contributed by atoms with E-state index in [1.165, 1.54) is 0 Å². The molecule has 3 aromatic carbocycles. The highest BCUT2D eigenvalue weighted by Crippen LogP contribution is 2.33. The van der Waals surface area contributed by atoms with Crippen LogP contribution in [0.25, 0.3) is 11.1 Å². The Morgan fingerprint density at radius 2 is 1.85 bits per heavy atom. The average Bonchev–Trinajstić information content (AvgIpc) is 2.81. The predicted molar refractivity (Wildman–Crippen MR) is 121 cm³/mol. The normalized spacial score (nSPS) is 11.2. The Balaban J connectivity index is 1.88. The van der Waals surface area contributed by atoms with Crippen molar-refractivity contribution in [1.29, 1.82) is 0 Å². The molecule has 0 aromatic heterocycles. The van der Waals surface area contributed by atoms with Crippen molar-refractivity contribution in [3.8, 4) is 16.9 Å². The van der Waals surface area contributed by atoms with Gasteiger partial charge in [-0.15, -0.1) is 0 Å². The molecule has 178 valence electrons. The topological polar surface area (TPSA) is 55.4 Å². The van der Waals surface area contributed by atoms with Crippen LogP contribution in [0.1, 0.15) is 45.2 Å². The first-order valence-electron chi connectivity index (χ1n) is 10.3. The predicted octanol–water partition coefficient (Wildman–Crippen LogP) is 6.70. The van der Waals surface area contributed by atoms with Crippen LogP contribution in [0.2, 0.25) is 5.02 Å². The zero-order valence-corrected chi connectivity index (χ0v) is 18.8. The van der Waals surface area contributed by atoms with E-state index in [-0.39, 0.29) is 12.6 Å². The summed E-state index contributed by atoms with van der Waals surface area (Å²) in [7, 11) is 0. The Morgan fingerprint density at radius 3 is 2.50 bits per heavy atom. The highest BCUT2D eigenvalue weighted by atomic mass is 35.5. The third-order valence-corrected chi connectivity index (χ3v) is 5.27. The summed E-state index contributed by atoms with van der Waals surface area (Å²) >= 11 is 6.29. The number of ether oxygens (including phenoxy) is 1. The van der Waals surface area contributed by atoms with Crippen molar-refractivity contribution in [2.24, 2.45) is 0 Å². The SMILES string of the molecule is CCCOc1ccc(-c2cc(C=O)ccc2Cl)cc1CNC(=O)c1ccc(C(F)(F)F)cc1F. The van der Waals surface area contributed by atoms with E-state index in [2.05, 4.69) is 5.32 Å². The van der Waals surface area contributed by atoms with Crippen LogP contribution in [0.4, 0.5) is 17.6 Å². The fourth-order valence-electron chi connectivity index (χ4n) is 3.22. The molecule has 0 atom stereocenters. The lowest BCUT2D eigenvalue weighted by Crippen LogP contribution is -2.24. The number of hydrogen-bond acceptors (Lipinski definition) is 3. The first kappa shape index (κ1) is 25.2. The summed E-state index contributed by atoms with van der Waals surface area (Å²) in [6, 6.07) is 11.7. The van der Waals surface area contributed by atoms with Gasteiger partial charge in [0.25, 0.3) is 5.91 Å². The van der Waals surface area contributed by atoms with Gasteiger partial charge in [-0.3, -0.25) is 9.59 Å². The molecular weight excluding hydrogens is 474 g/mol. The van der Waals surface area contributed by atoms with Crippen LogP contribution in [0.5, 0.6) is 5.75 Å². The summed E-state index contributed by atoms with van der Waals surface area (Å²) < 4.78 is 58.2. The minimum atomic E-state index is -4.72. The molecule has 0 heterocycles. The molecule has 0 aliphatic carbocycles. The van der Waals surface area contributed by atoms with Gasteiger partial charge in [-0.1, -0.05) is 30.7 Å². The molecule has 0 unspecified atom stereocenters. The van der Waals surface area contributed by atoms with E-state index in [4.69, 9.17) is 16.3 Å². The molecule has 0 spiro atoms. The first-order chi connectivity index (χ1) is 16.1. The monoisotopic (exact) mass is 493 g/mol. The summed E-state index contributed by atoms with van der Waals surface area (Å²) in [6.45, 7) is 2.25. The molecule has 3 rings (SSSR count). The van der Waals surface area contributed by atoms with Gasteiger partial charge in [-0.25, -0.2) is 4.39 Å². The van der Waals surface area contributed by atoms with Crippen molar-refractivity contribution >= 4 is 23.8 Å². The maximum atomic E-state index is 14.2. The number of aldehydes is 1. The van der Waals surface area contributed by atoms with Gasteiger partial charge in [-0.05, 0) is 54.4 Å². The van der Waals surface area contributed by atoms with E-state index in [1.807, 2.05) is 6.92 Å². The van der Waals surface area contributed by atoms with Gasteiger partial charge >= 0.3 is 6.18 Å². The fourth-order valence-corrected chi connectivity index (χ4v) is 3.45. The summed E-state index contributed by atoms with van der Waals surface area (Å²) in [5.41, 5.74) is 0.524. The Kier molecular flexibility index (Phi) is 7.94. The molecule has 0 saturated carbocycles. The molecule has 0 aliphatic heterocycles. The van der Waals surface area contributed by atoms with E-state index in [0.29, 0.717) is 52.0 Å². The van der Waals surface area contributed by atoms with Crippen LogP contribution in [-0.4, -0.2) is 18.8 Å². The highest BCUT2D eigenvalue weighted by Gasteiger charge is 2.31. The lowest BCUT2D eigenvalue weighted by Gasteiger charge is -2.15. The summed E-state index contributed by atoms with van der Waals surface area (Å²) in [6.07, 6.45) is -3.29. The zero-order valence-electron chi connectivity index (χ0n) is 18.0. The van der Waals surface area contributed by atoms with Gasteiger partial charge in [0, 0.05) is 28.3 Å². The highest BCUT2D eigenvalue weighted by molar-refractivity contribution is 6.33. The fraction of sp³-hybridized carbons (Fsp3) is 0.200. The van der Waals surface area contributed by atoms with Crippen LogP contribution in [-0.2, 0) is 12.7 Å². The maximum absolute atomic E-state index is 14.2. The summed E-state index contributed by atoms with van der Waals surface area (Å²) in [4.78, 5) is 23.6. The minimum absolute atomic E-state index is 0.0861. The molecule has 1 N–H and O–H groups in total. The third-order valence-electron chi connectivity index (χ3n) is 4.94. The van der Waals surface area contributed by atoms with Crippen molar-refractivity contribution in [2.45, 2.75) is 26.1 Å². The molecule has 0 aliphatic rings. The quantitative estimate of drug-likeness (QED) is 0.281. The van der Waals surface area contributed by atoms with Gasteiger partial charge in [0.1, 0.15) is 17.9 Å². The van der Waals surface area contributed by atoms with E-state index in [0.717, 1.165) is 12.5 Å². The van der Waals surface area contributed by atoms with Crippen LogP contribution >= 0.6 is 11.6 Å².